The summed E-state index contributed by atoms with van der Waals surface area (Å²) in [5, 5.41) is 35.6. The number of carbonyl (C=O) groups excluding carboxylic acids is 1. The Morgan fingerprint density at radius 1 is 0.456 bits per heavy atom. The first kappa shape index (κ1) is 91.7. The molecular weight excluding hydrogens is 2340 g/mol. The first-order valence-corrected chi connectivity index (χ1v) is 35.1. The van der Waals surface area contributed by atoms with Gasteiger partial charge in [0.1, 0.15) is 6.33 Å². The number of imidazole rings is 4. The Morgan fingerprint density at radius 2 is 0.939 bits per heavy atom. The van der Waals surface area contributed by atoms with E-state index < -0.39 is 5.91 Å². The standard InChI is InChI=1S/C15H11N2.C14H13N7.C14H11N2S.2C10H9N2.C9H8N3.C9H7N2.C5H8O2.5Ir/c1-3-7-13(8-4-1)15-16-11-12-17(15)14-9-5-2-6-10-14;1-2-10-18(9-1)14(19-11-3-6-15-19,20-12-4-7-16-20)21-13-5-8-17-21;1-16-8-7-15-14(16)12-5-2-4-11(10-12)13-6-3-9-17-13;2*1-12-8-7-11-10(12)9-5-3-2-4-6-9;1-12-7-10-11-9(12)8-5-3-2-4-6-8;1-2-5-9(6-3-1)11-8-4-7-10-11;1-4(6)3-5(2)7;;;;;/h1-7,9-12H;1-13H;2-4,6-10H,1H3;2*2-5,7-8H,1H3;2-5,7H,1H3;1-5,7-8H;3,6H,1-2H3;;;;;/q-1;;5*-1;;;;;;. The fourth-order valence-corrected chi connectivity index (χ4v) is 11.5. The monoisotopic (exact) mass is 2420 g/mol. The van der Waals surface area contributed by atoms with Crippen molar-refractivity contribution >= 4 is 17.1 Å². The van der Waals surface area contributed by atoms with Gasteiger partial charge in [-0.2, -0.15) is 54.0 Å². The molecule has 0 aliphatic heterocycles. The number of nitrogens with zero attached hydrogens (tertiary/aromatic N) is 20. The number of aromatic nitrogens is 20. The molecule has 11 heterocycles. The third-order valence-electron chi connectivity index (χ3n) is 15.7. The number of ketones is 1. The number of aliphatic hydroxyl groups excluding tert-OH is 1. The van der Waals surface area contributed by atoms with Crippen LogP contribution in [-0.2, 0) is 139 Å². The van der Waals surface area contributed by atoms with Crippen molar-refractivity contribution in [3.8, 4) is 78.8 Å². The van der Waals surface area contributed by atoms with Gasteiger partial charge in [-0.25, -0.2) is 4.68 Å². The molecule has 0 aliphatic carbocycles. The molecule has 0 fully saturated rings. The summed E-state index contributed by atoms with van der Waals surface area (Å²) >= 11 is 1.75. The third kappa shape index (κ3) is 25.4. The second kappa shape index (κ2) is 48.0. The third-order valence-corrected chi connectivity index (χ3v) is 16.7. The Hall–Kier alpha value is -11.2. The number of carbonyl (C=O) groups is 1. The van der Waals surface area contributed by atoms with Crippen molar-refractivity contribution in [1.82, 2.24) is 92.0 Å². The summed E-state index contributed by atoms with van der Waals surface area (Å²) in [6.45, 7) is 2.85. The predicted molar refractivity (Wildman–Crippen MR) is 421 cm³/mol. The maximum atomic E-state index is 10.0. The second-order valence-corrected chi connectivity index (χ2v) is 24.5. The number of thiophene rings is 1. The van der Waals surface area contributed by atoms with Gasteiger partial charge in [0.25, 0.3) is 0 Å². The van der Waals surface area contributed by atoms with E-state index in [0.29, 0.717) is 0 Å². The van der Waals surface area contributed by atoms with Gasteiger partial charge in [-0.1, -0.05) is 29.8 Å². The van der Waals surface area contributed by atoms with E-state index in [2.05, 4.69) is 133 Å². The molecule has 0 unspecified atom stereocenters. The molecule has 5 radical (unpaired) electrons. The van der Waals surface area contributed by atoms with Crippen LogP contribution in [0.4, 0.5) is 0 Å². The maximum Gasteiger partial charge on any atom is 0.448 e. The van der Waals surface area contributed by atoms with Crippen molar-refractivity contribution in [2.75, 3.05) is 0 Å². The Labute approximate surface area is 734 Å². The number of hydrogen-bond acceptors (Lipinski definition) is 12. The molecule has 0 spiro atoms. The fraction of sp³-hybridized carbons (Fsp3) is 0.0814. The fourth-order valence-electron chi connectivity index (χ4n) is 10.8. The van der Waals surface area contributed by atoms with Gasteiger partial charge in [-0.15, -0.1) is 202 Å². The van der Waals surface area contributed by atoms with E-state index in [1.54, 1.807) is 65.7 Å². The molecule has 22 nitrogen and oxygen atoms in total. The van der Waals surface area contributed by atoms with Crippen molar-refractivity contribution in [3.63, 3.8) is 0 Å². The largest absolute Gasteiger partial charge is 0.512 e. The molecule has 0 saturated carbocycles. The zero-order chi connectivity index (χ0) is 75.8. The van der Waals surface area contributed by atoms with Gasteiger partial charge in [-0.3, -0.25) is 34.0 Å². The van der Waals surface area contributed by atoms with Crippen molar-refractivity contribution in [1.29, 1.82) is 0 Å². The van der Waals surface area contributed by atoms with E-state index in [0.717, 1.165) is 68.3 Å². The van der Waals surface area contributed by atoms with Crippen LogP contribution in [0.1, 0.15) is 13.8 Å². The van der Waals surface area contributed by atoms with Crippen molar-refractivity contribution in [2.45, 2.75) is 19.8 Å². The first-order valence-electron chi connectivity index (χ1n) is 34.2. The van der Waals surface area contributed by atoms with Gasteiger partial charge < -0.3 is 33.0 Å². The Balaban J connectivity index is 0.000000205. The molecule has 589 valence electrons. The topological polar surface area (TPSA) is 216 Å². The van der Waals surface area contributed by atoms with Crippen molar-refractivity contribution in [3.05, 3.63) is 390 Å². The Kier molecular flexibility index (Phi) is 38.6. The van der Waals surface area contributed by atoms with E-state index in [1.165, 1.54) is 30.4 Å². The molecule has 18 rings (SSSR count). The minimum Gasteiger partial charge on any atom is -0.512 e. The summed E-state index contributed by atoms with van der Waals surface area (Å²) in [5.74, 6) is 3.68. The smallest absolute Gasteiger partial charge is 0.448 e. The molecule has 7 aromatic carbocycles. The second-order valence-electron chi connectivity index (χ2n) is 23.5. The van der Waals surface area contributed by atoms with Crippen molar-refractivity contribution in [2.24, 2.45) is 28.2 Å². The average Bonchev–Trinajstić information content (AvgIpc) is 1.58. The number of hydrogen-bond donors (Lipinski definition) is 1. The quantitative estimate of drug-likeness (QED) is 0.0494. The number of benzene rings is 7. The summed E-state index contributed by atoms with van der Waals surface area (Å²) in [7, 11) is 7.86. The molecule has 11 aromatic heterocycles. The number of aryl methyl sites for hydroxylation is 4. The zero-order valence-electron chi connectivity index (χ0n) is 62.3. The SMILES string of the molecule is CC(=O)C=C(C)O.Cn1ccnc1-c1[c-]ccc(-c2cccs2)c1.Cn1ccnc1-c1[c-]cccc1.Cn1ccnc1-c1[c-]cccc1.Cn1cnnc1-c1[c-]cccc1.[Ir].[Ir].[Ir].[Ir].[Ir].[c-]1ccccc1-c1nccn1-c1ccccc1.[c-]1ccccc1-n1cccn1.c1ccn(C(n2cccn2)(n2cccn2)[n+]2ccc[n-]2)c1. The maximum absolute atomic E-state index is 10.0. The van der Waals surface area contributed by atoms with Gasteiger partial charge in [0.05, 0.1) is 34.9 Å². The number of rotatable bonds is 13. The minimum absolute atomic E-state index is 0. The van der Waals surface area contributed by atoms with Crippen LogP contribution in [0.25, 0.3) is 78.8 Å². The van der Waals surface area contributed by atoms with E-state index in [-0.39, 0.29) is 112 Å². The number of para-hydroxylation sites is 2. The van der Waals surface area contributed by atoms with E-state index in [9.17, 15) is 4.79 Å². The number of aliphatic hydroxyl groups is 1. The predicted octanol–water partition coefficient (Wildman–Crippen LogP) is 15.0. The van der Waals surface area contributed by atoms with Gasteiger partial charge in [-0.05, 0) is 79.5 Å². The summed E-state index contributed by atoms with van der Waals surface area (Å²) < 4.78 is 19.1. The molecular formula is C86H76Ir5N20O2S-6. The molecule has 28 heteroatoms. The summed E-state index contributed by atoms with van der Waals surface area (Å²) in [6.07, 6.45) is 36.3. The molecule has 0 amide bonds. The van der Waals surface area contributed by atoms with E-state index in [4.69, 9.17) is 5.11 Å². The molecule has 0 aliphatic rings. The Bertz CT molecular complexity index is 5170. The van der Waals surface area contributed by atoms with Crippen LogP contribution in [0.15, 0.2) is 353 Å². The molecule has 0 atom stereocenters. The average molecular weight is 2410 g/mol. The van der Waals surface area contributed by atoms with Gasteiger partial charge >= 0.3 is 5.91 Å². The summed E-state index contributed by atoms with van der Waals surface area (Å²) in [4.78, 5) is 28.5. The van der Waals surface area contributed by atoms with Crippen LogP contribution < -0.4 is 9.78 Å². The van der Waals surface area contributed by atoms with Crippen LogP contribution >= 0.6 is 11.3 Å². The van der Waals surface area contributed by atoms with Crippen LogP contribution in [0, 0.1) is 36.4 Å². The first-order chi connectivity index (χ1) is 53.4. The molecule has 0 bridgehead atoms. The van der Waals surface area contributed by atoms with Crippen LogP contribution in [-0.4, -0.2) is 97.8 Å². The van der Waals surface area contributed by atoms with E-state index >= 15 is 0 Å². The van der Waals surface area contributed by atoms with E-state index in [1.807, 2.05) is 315 Å². The van der Waals surface area contributed by atoms with Gasteiger partial charge in [0.2, 0.25) is 0 Å². The van der Waals surface area contributed by atoms with Crippen LogP contribution in [0.2, 0.25) is 0 Å². The Morgan fingerprint density at radius 3 is 1.35 bits per heavy atom. The molecule has 1 N–H and O–H groups in total. The number of allylic oxidation sites excluding steroid dienone is 2. The van der Waals surface area contributed by atoms with Gasteiger partial charge in [0, 0.05) is 245 Å². The molecule has 0 saturated heterocycles. The zero-order valence-corrected chi connectivity index (χ0v) is 75.1. The molecule has 18 aromatic rings. The normalized spacial score (nSPS) is 10.1. The minimum atomic E-state index is -0.875. The van der Waals surface area contributed by atoms with Crippen molar-refractivity contribution < 1.29 is 115 Å². The molecule has 114 heavy (non-hydrogen) atoms. The van der Waals surface area contributed by atoms with Crippen LogP contribution in [0.3, 0.4) is 0 Å². The van der Waals surface area contributed by atoms with Crippen LogP contribution in [0.5, 0.6) is 0 Å². The van der Waals surface area contributed by atoms with Gasteiger partial charge in [0.15, 0.2) is 12.0 Å². The summed E-state index contributed by atoms with van der Waals surface area (Å²) in [6, 6.07) is 89.8. The summed E-state index contributed by atoms with van der Waals surface area (Å²) in [5.41, 5.74) is 8.36.